The van der Waals surface area contributed by atoms with E-state index in [1.54, 1.807) is 0 Å². The summed E-state index contributed by atoms with van der Waals surface area (Å²) in [6.45, 7) is 2.09. The molecule has 0 saturated carbocycles. The van der Waals surface area contributed by atoms with E-state index in [4.69, 9.17) is 0 Å². The van der Waals surface area contributed by atoms with Gasteiger partial charge < -0.3 is 4.74 Å². The third kappa shape index (κ3) is 5.01. The Balaban J connectivity index is 1.65. The Kier molecular flexibility index (Phi) is 6.57. The SMILES string of the molecule is CC1CC=C(c2cnc(-c3cc(F)c(C(F)(F)Oc4cc(F)c(F)c(F)c4)c(F)c3)c(F)c2)CC1. The van der Waals surface area contributed by atoms with Crippen molar-refractivity contribution < 1.29 is 39.9 Å². The number of rotatable bonds is 5. The first-order valence-electron chi connectivity index (χ1n) is 10.5. The number of ether oxygens (including phenoxy) is 1. The zero-order valence-corrected chi connectivity index (χ0v) is 18.1. The number of aromatic nitrogens is 1. The van der Waals surface area contributed by atoms with Gasteiger partial charge in [0.25, 0.3) is 0 Å². The average Bonchev–Trinajstić information content (AvgIpc) is 2.76. The van der Waals surface area contributed by atoms with Gasteiger partial charge in [0.1, 0.15) is 34.5 Å². The molecule has 0 N–H and O–H groups in total. The topological polar surface area (TPSA) is 22.1 Å². The zero-order valence-electron chi connectivity index (χ0n) is 18.1. The second-order valence-electron chi connectivity index (χ2n) is 8.30. The van der Waals surface area contributed by atoms with Gasteiger partial charge in [-0.05, 0) is 54.5 Å². The van der Waals surface area contributed by atoms with Crippen molar-refractivity contribution in [2.75, 3.05) is 0 Å². The fourth-order valence-electron chi connectivity index (χ4n) is 3.83. The Morgan fingerprint density at radius 1 is 0.829 bits per heavy atom. The lowest BCUT2D eigenvalue weighted by atomic mass is 9.88. The molecule has 1 aliphatic carbocycles. The normalized spacial score (nSPS) is 16.3. The maximum atomic E-state index is 14.8. The van der Waals surface area contributed by atoms with Crippen molar-refractivity contribution in [3.05, 3.63) is 88.6 Å². The number of hydrogen-bond acceptors (Lipinski definition) is 2. The number of allylic oxidation sites excluding steroid dienone is 2. The molecular formula is C25H17F8NO. The zero-order chi connectivity index (χ0) is 25.5. The van der Waals surface area contributed by atoms with Crippen LogP contribution >= 0.6 is 0 Å². The minimum Gasteiger partial charge on any atom is -0.429 e. The van der Waals surface area contributed by atoms with Crippen LogP contribution in [0.1, 0.15) is 37.3 Å². The van der Waals surface area contributed by atoms with Gasteiger partial charge in [-0.15, -0.1) is 0 Å². The summed E-state index contributed by atoms with van der Waals surface area (Å²) in [5, 5.41) is 0. The van der Waals surface area contributed by atoms with Crippen molar-refractivity contribution in [1.29, 1.82) is 0 Å². The van der Waals surface area contributed by atoms with Gasteiger partial charge in [0.15, 0.2) is 17.5 Å². The molecule has 184 valence electrons. The summed E-state index contributed by atoms with van der Waals surface area (Å²) in [6, 6.07) is 2.23. The highest BCUT2D eigenvalue weighted by molar-refractivity contribution is 5.69. The second kappa shape index (κ2) is 9.31. The first-order valence-corrected chi connectivity index (χ1v) is 10.5. The summed E-state index contributed by atoms with van der Waals surface area (Å²) >= 11 is 0. The van der Waals surface area contributed by atoms with Gasteiger partial charge in [-0.3, -0.25) is 4.98 Å². The highest BCUT2D eigenvalue weighted by Gasteiger charge is 2.41. The van der Waals surface area contributed by atoms with Crippen LogP contribution in [0.4, 0.5) is 35.1 Å². The van der Waals surface area contributed by atoms with E-state index in [9.17, 15) is 35.1 Å². The number of hydrogen-bond donors (Lipinski definition) is 0. The lowest BCUT2D eigenvalue weighted by molar-refractivity contribution is -0.189. The molecule has 3 aromatic rings. The van der Waals surface area contributed by atoms with E-state index in [1.807, 2.05) is 6.08 Å². The third-order valence-electron chi connectivity index (χ3n) is 5.70. The maximum Gasteiger partial charge on any atom is 0.432 e. The first-order chi connectivity index (χ1) is 16.5. The molecule has 2 nitrogen and oxygen atoms in total. The molecule has 0 radical (unpaired) electrons. The van der Waals surface area contributed by atoms with Crippen LogP contribution in [0.25, 0.3) is 16.8 Å². The van der Waals surface area contributed by atoms with Crippen LogP contribution in [-0.4, -0.2) is 4.98 Å². The summed E-state index contributed by atoms with van der Waals surface area (Å²) in [6.07, 6.45) is 1.02. The van der Waals surface area contributed by atoms with E-state index < -0.39 is 63.6 Å². The molecule has 0 fully saturated rings. The van der Waals surface area contributed by atoms with Crippen molar-refractivity contribution in [3.8, 4) is 17.0 Å². The maximum absolute atomic E-state index is 14.8. The highest BCUT2D eigenvalue weighted by Crippen LogP contribution is 2.38. The Labute approximate surface area is 194 Å². The van der Waals surface area contributed by atoms with E-state index in [0.717, 1.165) is 30.9 Å². The number of halogens is 8. The van der Waals surface area contributed by atoms with Crippen LogP contribution < -0.4 is 4.74 Å². The summed E-state index contributed by atoms with van der Waals surface area (Å²) in [5.74, 6) is -10.9. The van der Waals surface area contributed by atoms with Crippen molar-refractivity contribution in [3.63, 3.8) is 0 Å². The Hall–Kier alpha value is -3.43. The van der Waals surface area contributed by atoms with Gasteiger partial charge in [0.2, 0.25) is 0 Å². The largest absolute Gasteiger partial charge is 0.432 e. The molecular weight excluding hydrogens is 482 g/mol. The van der Waals surface area contributed by atoms with Crippen LogP contribution in [0.3, 0.4) is 0 Å². The molecule has 4 rings (SSSR count). The molecule has 0 saturated heterocycles. The van der Waals surface area contributed by atoms with Crippen molar-refractivity contribution in [1.82, 2.24) is 4.98 Å². The number of benzene rings is 2. The van der Waals surface area contributed by atoms with Crippen LogP contribution in [0.5, 0.6) is 5.75 Å². The van der Waals surface area contributed by atoms with Gasteiger partial charge in [-0.1, -0.05) is 13.0 Å². The van der Waals surface area contributed by atoms with Crippen molar-refractivity contribution in [2.45, 2.75) is 32.3 Å². The van der Waals surface area contributed by atoms with E-state index in [1.165, 1.54) is 6.20 Å². The van der Waals surface area contributed by atoms with Gasteiger partial charge in [0.05, 0.1) is 0 Å². The summed E-state index contributed by atoms with van der Waals surface area (Å²) < 4.78 is 117. The Morgan fingerprint density at radius 3 is 1.97 bits per heavy atom. The van der Waals surface area contributed by atoms with Crippen LogP contribution in [0.15, 0.2) is 42.6 Å². The van der Waals surface area contributed by atoms with Crippen LogP contribution in [-0.2, 0) is 6.11 Å². The minimum atomic E-state index is -4.75. The Morgan fingerprint density at radius 2 is 1.43 bits per heavy atom. The molecule has 0 amide bonds. The lowest BCUT2D eigenvalue weighted by Gasteiger charge is -2.20. The monoisotopic (exact) mass is 499 g/mol. The van der Waals surface area contributed by atoms with E-state index in [2.05, 4.69) is 16.6 Å². The summed E-state index contributed by atoms with van der Waals surface area (Å²) in [7, 11) is 0. The van der Waals surface area contributed by atoms with E-state index >= 15 is 0 Å². The Bertz CT molecular complexity index is 1270. The lowest BCUT2D eigenvalue weighted by Crippen LogP contribution is -2.25. The number of nitrogens with zero attached hydrogens (tertiary/aromatic N) is 1. The standard InChI is InChI=1S/C25H17F8NO/c1-12-2-4-13(5-3-12)15-8-21(30)24(34-11-15)14-6-17(26)22(18(27)7-14)25(32,33)35-16-9-19(28)23(31)20(29)10-16/h4,6-12H,2-3,5H2,1H3. The first kappa shape index (κ1) is 24.7. The van der Waals surface area contributed by atoms with E-state index in [0.29, 0.717) is 23.6 Å². The number of alkyl halides is 2. The van der Waals surface area contributed by atoms with Gasteiger partial charge in [-0.25, -0.2) is 26.3 Å². The van der Waals surface area contributed by atoms with E-state index in [-0.39, 0.29) is 12.1 Å². The highest BCUT2D eigenvalue weighted by atomic mass is 19.3. The van der Waals surface area contributed by atoms with Crippen LogP contribution in [0, 0.1) is 40.8 Å². The molecule has 35 heavy (non-hydrogen) atoms. The molecule has 1 aliphatic rings. The van der Waals surface area contributed by atoms with Crippen LogP contribution in [0.2, 0.25) is 0 Å². The summed E-state index contributed by atoms with van der Waals surface area (Å²) in [5.41, 5.74) is -1.40. The molecule has 1 unspecified atom stereocenters. The van der Waals surface area contributed by atoms with Gasteiger partial charge in [-0.2, -0.15) is 8.78 Å². The molecule has 0 aliphatic heterocycles. The molecule has 1 atom stereocenters. The smallest absolute Gasteiger partial charge is 0.429 e. The fraction of sp³-hybridized carbons (Fsp3) is 0.240. The fourth-order valence-corrected chi connectivity index (χ4v) is 3.83. The molecule has 10 heteroatoms. The second-order valence-corrected chi connectivity index (χ2v) is 8.30. The molecule has 0 spiro atoms. The molecule has 2 aromatic carbocycles. The number of pyridine rings is 1. The quantitative estimate of drug-likeness (QED) is 0.263. The van der Waals surface area contributed by atoms with Gasteiger partial charge >= 0.3 is 6.11 Å². The van der Waals surface area contributed by atoms with Crippen molar-refractivity contribution >= 4 is 5.57 Å². The predicted molar refractivity (Wildman–Crippen MR) is 111 cm³/mol. The molecule has 0 bridgehead atoms. The van der Waals surface area contributed by atoms with Gasteiger partial charge in [0, 0.05) is 23.9 Å². The van der Waals surface area contributed by atoms with Crippen molar-refractivity contribution in [2.24, 2.45) is 5.92 Å². The molecule has 1 aromatic heterocycles. The average molecular weight is 499 g/mol. The minimum absolute atomic E-state index is 0.0970. The summed E-state index contributed by atoms with van der Waals surface area (Å²) in [4.78, 5) is 3.93. The predicted octanol–water partition coefficient (Wildman–Crippen LogP) is 7.91. The molecule has 1 heterocycles. The third-order valence-corrected chi connectivity index (χ3v) is 5.70.